The van der Waals surface area contributed by atoms with Crippen LogP contribution in [0.4, 0.5) is 11.4 Å². The second kappa shape index (κ2) is 11.9. The van der Waals surface area contributed by atoms with Crippen molar-refractivity contribution in [2.24, 2.45) is 11.8 Å². The number of anilines is 2. The summed E-state index contributed by atoms with van der Waals surface area (Å²) in [6.45, 7) is 9.29. The molecule has 0 spiro atoms. The summed E-state index contributed by atoms with van der Waals surface area (Å²) < 4.78 is 11.6. The fraction of sp³-hybridized carbons (Fsp3) is 0.286. The lowest BCUT2D eigenvalue weighted by molar-refractivity contribution is 0.101. The molecular formula is C28H32N2O4. The summed E-state index contributed by atoms with van der Waals surface area (Å²) in [5, 5.41) is 5.77. The number of carbonyl (C=O) groups excluding carboxylic acids is 2. The van der Waals surface area contributed by atoms with Crippen LogP contribution in [0.15, 0.2) is 72.8 Å². The first-order chi connectivity index (χ1) is 16.3. The molecule has 0 heterocycles. The molecular weight excluding hydrogens is 428 g/mol. The van der Waals surface area contributed by atoms with Gasteiger partial charge >= 0.3 is 0 Å². The van der Waals surface area contributed by atoms with E-state index < -0.39 is 0 Å². The predicted octanol–water partition coefficient (Wildman–Crippen LogP) is 6.26. The molecule has 3 aromatic carbocycles. The second-order valence-electron chi connectivity index (χ2n) is 8.89. The highest BCUT2D eigenvalue weighted by Gasteiger charge is 2.15. The van der Waals surface area contributed by atoms with E-state index in [9.17, 15) is 9.59 Å². The van der Waals surface area contributed by atoms with Gasteiger partial charge in [-0.3, -0.25) is 9.59 Å². The Balaban J connectivity index is 1.64. The van der Waals surface area contributed by atoms with E-state index in [0.717, 1.165) is 0 Å². The van der Waals surface area contributed by atoms with E-state index in [1.54, 1.807) is 60.7 Å². The van der Waals surface area contributed by atoms with Gasteiger partial charge in [-0.25, -0.2) is 0 Å². The fourth-order valence-electron chi connectivity index (χ4n) is 3.11. The van der Waals surface area contributed by atoms with Gasteiger partial charge in [0.25, 0.3) is 11.8 Å². The summed E-state index contributed by atoms with van der Waals surface area (Å²) in [6, 6.07) is 21.3. The Kier molecular flexibility index (Phi) is 8.68. The zero-order chi connectivity index (χ0) is 24.5. The first-order valence-corrected chi connectivity index (χ1v) is 11.5. The molecule has 0 aliphatic heterocycles. The Morgan fingerprint density at radius 2 is 0.971 bits per heavy atom. The van der Waals surface area contributed by atoms with Crippen LogP contribution in [0.5, 0.6) is 11.5 Å². The Hall–Kier alpha value is -3.80. The van der Waals surface area contributed by atoms with Crippen molar-refractivity contribution in [2.45, 2.75) is 27.7 Å². The molecule has 3 aromatic rings. The largest absolute Gasteiger partial charge is 0.492 e. The summed E-state index contributed by atoms with van der Waals surface area (Å²) in [5.41, 5.74) is 2.17. The summed E-state index contributed by atoms with van der Waals surface area (Å²) in [5.74, 6) is 1.30. The highest BCUT2D eigenvalue weighted by atomic mass is 16.5. The predicted molar refractivity (Wildman–Crippen MR) is 136 cm³/mol. The van der Waals surface area contributed by atoms with Crippen molar-refractivity contribution in [3.05, 3.63) is 83.9 Å². The van der Waals surface area contributed by atoms with Crippen LogP contribution < -0.4 is 20.1 Å². The number of rotatable bonds is 10. The van der Waals surface area contributed by atoms with Crippen molar-refractivity contribution >= 4 is 23.2 Å². The molecule has 0 aliphatic carbocycles. The monoisotopic (exact) mass is 460 g/mol. The standard InChI is InChI=1S/C28H32N2O4/c1-19(2)17-33-25-11-7-5-9-23(25)27(31)29-21-13-15-22(16-14-21)30-28(32)24-10-6-8-12-26(24)34-18-20(3)4/h5-16,19-20H,17-18H2,1-4H3,(H,29,31)(H,30,32). The Morgan fingerprint density at radius 3 is 1.32 bits per heavy atom. The minimum absolute atomic E-state index is 0.257. The maximum Gasteiger partial charge on any atom is 0.259 e. The number of para-hydroxylation sites is 2. The zero-order valence-corrected chi connectivity index (χ0v) is 20.1. The third-order valence-corrected chi connectivity index (χ3v) is 4.81. The van der Waals surface area contributed by atoms with E-state index in [0.29, 0.717) is 59.1 Å². The first-order valence-electron chi connectivity index (χ1n) is 11.5. The third kappa shape index (κ3) is 7.10. The molecule has 34 heavy (non-hydrogen) atoms. The molecule has 0 aliphatic rings. The van der Waals surface area contributed by atoms with Gasteiger partial charge in [0, 0.05) is 11.4 Å². The number of nitrogens with one attached hydrogen (secondary N) is 2. The third-order valence-electron chi connectivity index (χ3n) is 4.81. The lowest BCUT2D eigenvalue weighted by Gasteiger charge is -2.14. The van der Waals surface area contributed by atoms with Crippen LogP contribution in [-0.4, -0.2) is 25.0 Å². The van der Waals surface area contributed by atoms with E-state index in [2.05, 4.69) is 38.3 Å². The zero-order valence-electron chi connectivity index (χ0n) is 20.1. The SMILES string of the molecule is CC(C)COc1ccccc1C(=O)Nc1ccc(NC(=O)c2ccccc2OCC(C)C)cc1. The quantitative estimate of drug-likeness (QED) is 0.374. The van der Waals surface area contributed by atoms with Crippen molar-refractivity contribution in [2.75, 3.05) is 23.8 Å². The Labute approximate surface area is 201 Å². The van der Waals surface area contributed by atoms with Gasteiger partial charge in [-0.2, -0.15) is 0 Å². The molecule has 0 fully saturated rings. The molecule has 0 aromatic heterocycles. The maximum atomic E-state index is 12.8. The van der Waals surface area contributed by atoms with Gasteiger partial charge in [-0.05, 0) is 60.4 Å². The van der Waals surface area contributed by atoms with Crippen LogP contribution in [0.2, 0.25) is 0 Å². The normalized spacial score (nSPS) is 10.8. The molecule has 6 nitrogen and oxygen atoms in total. The van der Waals surface area contributed by atoms with Gasteiger partial charge < -0.3 is 20.1 Å². The number of hydrogen-bond acceptors (Lipinski definition) is 4. The molecule has 2 amide bonds. The van der Waals surface area contributed by atoms with Crippen LogP contribution in [0.25, 0.3) is 0 Å². The van der Waals surface area contributed by atoms with Gasteiger partial charge in [0.1, 0.15) is 11.5 Å². The van der Waals surface area contributed by atoms with Gasteiger partial charge in [0.2, 0.25) is 0 Å². The van der Waals surface area contributed by atoms with E-state index >= 15 is 0 Å². The van der Waals surface area contributed by atoms with Crippen LogP contribution in [0.1, 0.15) is 48.4 Å². The van der Waals surface area contributed by atoms with E-state index in [1.165, 1.54) is 0 Å². The number of carbonyl (C=O) groups is 2. The molecule has 0 atom stereocenters. The summed E-state index contributed by atoms with van der Waals surface area (Å²) in [4.78, 5) is 25.6. The molecule has 0 unspecified atom stereocenters. The van der Waals surface area contributed by atoms with Crippen molar-refractivity contribution in [1.29, 1.82) is 0 Å². The van der Waals surface area contributed by atoms with Crippen molar-refractivity contribution in [3.8, 4) is 11.5 Å². The molecule has 3 rings (SSSR count). The van der Waals surface area contributed by atoms with Crippen molar-refractivity contribution in [1.82, 2.24) is 0 Å². The number of benzene rings is 3. The highest BCUT2D eigenvalue weighted by molar-refractivity contribution is 6.07. The number of ether oxygens (including phenoxy) is 2. The van der Waals surface area contributed by atoms with Crippen molar-refractivity contribution < 1.29 is 19.1 Å². The highest BCUT2D eigenvalue weighted by Crippen LogP contribution is 2.23. The lowest BCUT2D eigenvalue weighted by atomic mass is 10.1. The molecule has 0 bridgehead atoms. The lowest BCUT2D eigenvalue weighted by Crippen LogP contribution is -2.16. The Bertz CT molecular complexity index is 1020. The van der Waals surface area contributed by atoms with E-state index in [4.69, 9.17) is 9.47 Å². The molecule has 2 N–H and O–H groups in total. The van der Waals surface area contributed by atoms with E-state index in [1.807, 2.05) is 12.1 Å². The smallest absolute Gasteiger partial charge is 0.259 e. The number of amides is 2. The summed E-state index contributed by atoms with van der Waals surface area (Å²) in [7, 11) is 0. The topological polar surface area (TPSA) is 76.7 Å². The average molecular weight is 461 g/mol. The number of hydrogen-bond donors (Lipinski definition) is 2. The minimum Gasteiger partial charge on any atom is -0.492 e. The maximum absolute atomic E-state index is 12.8. The second-order valence-corrected chi connectivity index (χ2v) is 8.89. The molecule has 6 heteroatoms. The van der Waals surface area contributed by atoms with Gasteiger partial charge in [0.05, 0.1) is 24.3 Å². The van der Waals surface area contributed by atoms with Gasteiger partial charge in [0.15, 0.2) is 0 Å². The first kappa shape index (κ1) is 24.8. The van der Waals surface area contributed by atoms with Crippen LogP contribution in [0, 0.1) is 11.8 Å². The minimum atomic E-state index is -0.257. The average Bonchev–Trinajstić information content (AvgIpc) is 2.83. The molecule has 0 radical (unpaired) electrons. The van der Waals surface area contributed by atoms with Gasteiger partial charge in [-0.1, -0.05) is 52.0 Å². The fourth-order valence-corrected chi connectivity index (χ4v) is 3.11. The van der Waals surface area contributed by atoms with Crippen LogP contribution in [-0.2, 0) is 0 Å². The van der Waals surface area contributed by atoms with Gasteiger partial charge in [-0.15, -0.1) is 0 Å². The molecule has 178 valence electrons. The molecule has 0 saturated carbocycles. The summed E-state index contributed by atoms with van der Waals surface area (Å²) >= 11 is 0. The van der Waals surface area contributed by atoms with Crippen molar-refractivity contribution in [3.63, 3.8) is 0 Å². The van der Waals surface area contributed by atoms with Crippen LogP contribution >= 0.6 is 0 Å². The van der Waals surface area contributed by atoms with Crippen LogP contribution in [0.3, 0.4) is 0 Å². The van der Waals surface area contributed by atoms with E-state index in [-0.39, 0.29) is 11.8 Å². The Morgan fingerprint density at radius 1 is 0.618 bits per heavy atom. The summed E-state index contributed by atoms with van der Waals surface area (Å²) in [6.07, 6.45) is 0. The molecule has 0 saturated heterocycles.